The highest BCUT2D eigenvalue weighted by molar-refractivity contribution is 7.92. The molecule has 162 valence electrons. The summed E-state index contributed by atoms with van der Waals surface area (Å²) in [5.41, 5.74) is 3.01. The molecule has 1 heterocycles. The van der Waals surface area contributed by atoms with Gasteiger partial charge in [-0.15, -0.1) is 0 Å². The van der Waals surface area contributed by atoms with Gasteiger partial charge in [-0.3, -0.25) is 4.79 Å². The molecule has 1 unspecified atom stereocenters. The van der Waals surface area contributed by atoms with E-state index in [1.54, 1.807) is 25.4 Å². The van der Waals surface area contributed by atoms with Crippen molar-refractivity contribution in [2.45, 2.75) is 45.4 Å². The number of hydrogen-bond donors (Lipinski definition) is 1. The molecular formula is C22H28FN3O3S. The van der Waals surface area contributed by atoms with Gasteiger partial charge >= 0.3 is 5.97 Å². The molecule has 6 nitrogen and oxygen atoms in total. The summed E-state index contributed by atoms with van der Waals surface area (Å²) in [5, 5.41) is 8.75. The molecule has 1 N–H and O–H groups in total. The number of carbonyl (C=O) groups is 1. The van der Waals surface area contributed by atoms with E-state index in [1.165, 1.54) is 16.4 Å². The third-order valence-electron chi connectivity index (χ3n) is 4.59. The lowest BCUT2D eigenvalue weighted by atomic mass is 9.97. The predicted octanol–water partition coefficient (Wildman–Crippen LogP) is 4.79. The van der Waals surface area contributed by atoms with Crippen LogP contribution in [0.25, 0.3) is 17.3 Å². The molecular weight excluding hydrogens is 405 g/mol. The Morgan fingerprint density at radius 2 is 1.93 bits per heavy atom. The fourth-order valence-electron chi connectivity index (χ4n) is 2.90. The van der Waals surface area contributed by atoms with E-state index in [0.717, 1.165) is 29.7 Å². The molecule has 0 radical (unpaired) electrons. The second kappa shape index (κ2) is 11.1. The van der Waals surface area contributed by atoms with Gasteiger partial charge in [0.15, 0.2) is 0 Å². The van der Waals surface area contributed by atoms with Crippen LogP contribution in [0.5, 0.6) is 0 Å². The van der Waals surface area contributed by atoms with Crippen LogP contribution in [-0.4, -0.2) is 38.9 Å². The molecule has 1 aromatic carbocycles. The third kappa shape index (κ3) is 6.53. The number of aromatic nitrogens is 2. The first-order chi connectivity index (χ1) is 14.2. The second-order valence-corrected chi connectivity index (χ2v) is 8.69. The Bertz CT molecular complexity index is 886. The minimum absolute atomic E-state index is 0.0799. The maximum atomic E-state index is 13.5. The van der Waals surface area contributed by atoms with Gasteiger partial charge in [0, 0.05) is 17.5 Å². The van der Waals surface area contributed by atoms with E-state index in [1.807, 2.05) is 26.0 Å². The highest BCUT2D eigenvalue weighted by Crippen LogP contribution is 2.31. The molecule has 0 spiro atoms. The van der Waals surface area contributed by atoms with Gasteiger partial charge in [0.2, 0.25) is 0 Å². The van der Waals surface area contributed by atoms with Crippen molar-refractivity contribution in [1.29, 1.82) is 0 Å². The summed E-state index contributed by atoms with van der Waals surface area (Å²) in [5.74, 6) is -0.700. The van der Waals surface area contributed by atoms with E-state index in [2.05, 4.69) is 9.97 Å². The van der Waals surface area contributed by atoms with Crippen molar-refractivity contribution in [2.24, 2.45) is 0 Å². The minimum Gasteiger partial charge on any atom is -0.593 e. The Balaban J connectivity index is 2.48. The van der Waals surface area contributed by atoms with Crippen molar-refractivity contribution in [3.63, 3.8) is 0 Å². The van der Waals surface area contributed by atoms with Gasteiger partial charge in [-0.2, -0.15) is 4.31 Å². The molecule has 0 aliphatic carbocycles. The maximum Gasteiger partial charge on any atom is 0.303 e. The average Bonchev–Trinajstić information content (AvgIpc) is 2.69. The minimum atomic E-state index is -1.29. The molecule has 0 saturated heterocycles. The fraction of sp³-hybridized carbons (Fsp3) is 0.409. The van der Waals surface area contributed by atoms with Crippen LogP contribution in [0.4, 0.5) is 10.3 Å². The Labute approximate surface area is 180 Å². The van der Waals surface area contributed by atoms with E-state index < -0.39 is 17.3 Å². The number of benzene rings is 1. The maximum absolute atomic E-state index is 13.5. The molecule has 2 aromatic rings. The predicted molar refractivity (Wildman–Crippen MR) is 119 cm³/mol. The number of nitrogens with zero attached hydrogens (tertiary/aromatic N) is 3. The van der Waals surface area contributed by atoms with E-state index in [4.69, 9.17) is 5.11 Å². The first-order valence-electron chi connectivity index (χ1n) is 9.84. The monoisotopic (exact) mass is 433 g/mol. The number of halogens is 1. The zero-order chi connectivity index (χ0) is 22.3. The van der Waals surface area contributed by atoms with Gasteiger partial charge in [0.1, 0.15) is 12.1 Å². The van der Waals surface area contributed by atoms with Gasteiger partial charge in [0.25, 0.3) is 5.95 Å². The summed E-state index contributed by atoms with van der Waals surface area (Å²) >= 11 is -1.29. The first-order valence-corrected chi connectivity index (χ1v) is 11.4. The number of rotatable bonds is 10. The molecule has 0 aliphatic rings. The topological polar surface area (TPSA) is 89.4 Å². The smallest absolute Gasteiger partial charge is 0.303 e. The van der Waals surface area contributed by atoms with Crippen molar-refractivity contribution in [1.82, 2.24) is 9.97 Å². The van der Waals surface area contributed by atoms with Gasteiger partial charge in [-0.1, -0.05) is 26.0 Å². The number of carboxylic acids is 1. The third-order valence-corrected chi connectivity index (χ3v) is 5.53. The standard InChI is InChI=1S/C22H28FN3O3S/c1-15(2)20-18(9-7-5-6-8-10-19(27)28)21(16-11-13-17(23)14-12-16)25-22(24-20)26(3)30(4)29/h7,9,11-15H,5-6,8,10H2,1-4H3,(H,27,28)/b9-7+. The van der Waals surface area contributed by atoms with Crippen LogP contribution in [0, 0.1) is 5.82 Å². The van der Waals surface area contributed by atoms with Crippen molar-refractivity contribution >= 4 is 29.4 Å². The lowest BCUT2D eigenvalue weighted by molar-refractivity contribution is -0.137. The Kier molecular flexibility index (Phi) is 8.80. The summed E-state index contributed by atoms with van der Waals surface area (Å²) in [4.78, 5) is 19.9. The number of carboxylic acid groups (broad SMARTS) is 1. The number of hydrogen-bond acceptors (Lipinski definition) is 5. The van der Waals surface area contributed by atoms with Crippen LogP contribution in [0.2, 0.25) is 0 Å². The summed E-state index contributed by atoms with van der Waals surface area (Å²) in [6, 6.07) is 6.10. The average molecular weight is 434 g/mol. The summed E-state index contributed by atoms with van der Waals surface area (Å²) < 4.78 is 26.9. The molecule has 0 fully saturated rings. The van der Waals surface area contributed by atoms with Crippen molar-refractivity contribution in [3.05, 3.63) is 47.4 Å². The normalized spacial score (nSPS) is 12.5. The number of aliphatic carboxylic acids is 1. The van der Waals surface area contributed by atoms with Crippen LogP contribution in [-0.2, 0) is 16.2 Å². The van der Waals surface area contributed by atoms with Crippen molar-refractivity contribution < 1.29 is 18.8 Å². The number of anilines is 1. The molecule has 1 atom stereocenters. The Morgan fingerprint density at radius 3 is 2.50 bits per heavy atom. The highest BCUT2D eigenvalue weighted by Gasteiger charge is 2.21. The summed E-state index contributed by atoms with van der Waals surface area (Å²) in [6.07, 6.45) is 7.76. The zero-order valence-electron chi connectivity index (χ0n) is 17.8. The summed E-state index contributed by atoms with van der Waals surface area (Å²) in [7, 11) is 1.67. The lowest BCUT2D eigenvalue weighted by Crippen LogP contribution is -2.27. The molecule has 8 heteroatoms. The quantitative estimate of drug-likeness (QED) is 0.428. The molecule has 2 rings (SSSR count). The first kappa shape index (κ1) is 23.8. The molecule has 30 heavy (non-hydrogen) atoms. The SMILES string of the molecule is CC(C)c1nc(N(C)[S+](C)[O-])nc(-c2ccc(F)cc2)c1/C=C/CCCCC(=O)O. The van der Waals surface area contributed by atoms with Crippen molar-refractivity contribution in [2.75, 3.05) is 17.6 Å². The second-order valence-electron chi connectivity index (χ2n) is 7.30. The molecule has 0 amide bonds. The Morgan fingerprint density at radius 1 is 1.27 bits per heavy atom. The van der Waals surface area contributed by atoms with E-state index >= 15 is 0 Å². The largest absolute Gasteiger partial charge is 0.593 e. The van der Waals surface area contributed by atoms with Crippen molar-refractivity contribution in [3.8, 4) is 11.3 Å². The van der Waals surface area contributed by atoms with Crippen LogP contribution in [0.3, 0.4) is 0 Å². The fourth-order valence-corrected chi connectivity index (χ4v) is 3.21. The highest BCUT2D eigenvalue weighted by atomic mass is 32.2. The molecule has 0 aliphatic heterocycles. The van der Waals surface area contributed by atoms with Crippen LogP contribution in [0.15, 0.2) is 30.3 Å². The van der Waals surface area contributed by atoms with Crippen LogP contribution < -0.4 is 4.31 Å². The van der Waals surface area contributed by atoms with Crippen LogP contribution in [0.1, 0.15) is 56.7 Å². The van der Waals surface area contributed by atoms with Gasteiger partial charge in [0.05, 0.1) is 29.8 Å². The zero-order valence-corrected chi connectivity index (χ0v) is 18.6. The van der Waals surface area contributed by atoms with E-state index in [0.29, 0.717) is 18.1 Å². The lowest BCUT2D eigenvalue weighted by Gasteiger charge is -2.21. The molecule has 0 bridgehead atoms. The molecule has 0 saturated carbocycles. The van der Waals surface area contributed by atoms with Gasteiger partial charge in [-0.05, 0) is 49.4 Å². The van der Waals surface area contributed by atoms with E-state index in [-0.39, 0.29) is 18.2 Å². The Hall–Kier alpha value is -2.45. The molecule has 1 aromatic heterocycles. The number of unbranched alkanes of at least 4 members (excludes halogenated alkanes) is 2. The van der Waals surface area contributed by atoms with E-state index in [9.17, 15) is 13.7 Å². The van der Waals surface area contributed by atoms with Gasteiger partial charge < -0.3 is 9.66 Å². The van der Waals surface area contributed by atoms with Gasteiger partial charge in [-0.25, -0.2) is 14.4 Å². The van der Waals surface area contributed by atoms with Crippen LogP contribution >= 0.6 is 0 Å². The summed E-state index contributed by atoms with van der Waals surface area (Å²) in [6.45, 7) is 4.04. The number of allylic oxidation sites excluding steroid dienone is 1.